The van der Waals surface area contributed by atoms with Crippen LogP contribution in [-0.4, -0.2) is 12.0 Å². The van der Waals surface area contributed by atoms with Crippen molar-refractivity contribution in [3.8, 4) is 5.75 Å². The van der Waals surface area contributed by atoms with E-state index in [4.69, 9.17) is 9.15 Å². The monoisotopic (exact) mass is 266 g/mol. The molecule has 0 saturated heterocycles. The topological polar surface area (TPSA) is 77.5 Å². The summed E-state index contributed by atoms with van der Waals surface area (Å²) in [6, 6.07) is 3.82. The maximum Gasteiger partial charge on any atom is 0.313 e. The number of benzene rings is 1. The summed E-state index contributed by atoms with van der Waals surface area (Å²) < 4.78 is 23.5. The van der Waals surface area contributed by atoms with Crippen molar-refractivity contribution in [1.82, 2.24) is 0 Å². The first-order chi connectivity index (χ1) is 9.11. The Balaban J connectivity index is 2.23. The second-order valence-corrected chi connectivity index (χ2v) is 3.75. The molecule has 0 aliphatic carbocycles. The van der Waals surface area contributed by atoms with Gasteiger partial charge in [0.05, 0.1) is 36.3 Å². The van der Waals surface area contributed by atoms with Crippen LogP contribution >= 0.6 is 0 Å². The molecule has 0 atom stereocenters. The number of rotatable bonds is 5. The average molecular weight is 266 g/mol. The summed E-state index contributed by atoms with van der Waals surface area (Å²) >= 11 is 0. The Kier molecular flexibility index (Phi) is 3.65. The van der Waals surface area contributed by atoms with Crippen molar-refractivity contribution < 1.29 is 18.5 Å². The van der Waals surface area contributed by atoms with Gasteiger partial charge in [0.25, 0.3) is 0 Å². The zero-order valence-electron chi connectivity index (χ0n) is 10.1. The van der Waals surface area contributed by atoms with Gasteiger partial charge < -0.3 is 14.5 Å². The molecule has 2 rings (SSSR count). The predicted molar refractivity (Wildman–Crippen MR) is 65.6 cm³/mol. The van der Waals surface area contributed by atoms with E-state index in [9.17, 15) is 14.5 Å². The number of hydrogen-bond acceptors (Lipinski definition) is 5. The van der Waals surface area contributed by atoms with Gasteiger partial charge >= 0.3 is 5.69 Å². The average Bonchev–Trinajstić information content (AvgIpc) is 2.90. The van der Waals surface area contributed by atoms with Gasteiger partial charge in [-0.15, -0.1) is 0 Å². The Morgan fingerprint density at radius 2 is 2.32 bits per heavy atom. The summed E-state index contributed by atoms with van der Waals surface area (Å²) in [5.74, 6) is -0.711. The van der Waals surface area contributed by atoms with Crippen LogP contribution in [0.4, 0.5) is 15.8 Å². The highest BCUT2D eigenvalue weighted by Crippen LogP contribution is 2.32. The fraction of sp³-hybridized carbons (Fsp3) is 0.167. The summed E-state index contributed by atoms with van der Waals surface area (Å²) in [5.41, 5.74) is 0.550. The van der Waals surface area contributed by atoms with Crippen LogP contribution in [0.2, 0.25) is 0 Å². The fourth-order valence-electron chi connectivity index (χ4n) is 1.58. The number of nitro groups is 1. The minimum absolute atomic E-state index is 0.00101. The van der Waals surface area contributed by atoms with Crippen molar-refractivity contribution in [2.45, 2.75) is 6.54 Å². The maximum atomic E-state index is 13.7. The van der Waals surface area contributed by atoms with Crippen molar-refractivity contribution in [2.75, 3.05) is 12.4 Å². The number of nitrogens with one attached hydrogen (secondary N) is 1. The molecule has 0 spiro atoms. The van der Waals surface area contributed by atoms with Gasteiger partial charge in [-0.1, -0.05) is 0 Å². The molecular formula is C12H11FN2O4. The number of ether oxygens (including phenoxy) is 1. The van der Waals surface area contributed by atoms with Crippen molar-refractivity contribution in [3.05, 3.63) is 52.2 Å². The van der Waals surface area contributed by atoms with Gasteiger partial charge in [-0.25, -0.2) is 4.39 Å². The molecular weight excluding hydrogens is 255 g/mol. The van der Waals surface area contributed by atoms with E-state index in [0.29, 0.717) is 6.54 Å². The molecule has 0 radical (unpaired) electrons. The van der Waals surface area contributed by atoms with E-state index in [1.54, 1.807) is 6.07 Å². The number of anilines is 1. The Labute approximate surface area is 107 Å². The second-order valence-electron chi connectivity index (χ2n) is 3.75. The lowest BCUT2D eigenvalue weighted by Gasteiger charge is -2.08. The van der Waals surface area contributed by atoms with E-state index in [0.717, 1.165) is 11.6 Å². The summed E-state index contributed by atoms with van der Waals surface area (Å²) in [4.78, 5) is 10.0. The Morgan fingerprint density at radius 1 is 1.53 bits per heavy atom. The minimum atomic E-state index is -0.712. The number of halogens is 1. The van der Waals surface area contributed by atoms with E-state index >= 15 is 0 Å². The van der Waals surface area contributed by atoms with Crippen molar-refractivity contribution in [1.29, 1.82) is 0 Å². The highest BCUT2D eigenvalue weighted by molar-refractivity contribution is 5.59. The molecule has 2 aromatic rings. The van der Waals surface area contributed by atoms with Gasteiger partial charge in [-0.2, -0.15) is 0 Å². The van der Waals surface area contributed by atoms with E-state index < -0.39 is 16.4 Å². The molecule has 0 unspecified atom stereocenters. The molecule has 1 aromatic carbocycles. The lowest BCUT2D eigenvalue weighted by Crippen LogP contribution is -2.03. The SMILES string of the molecule is COc1cc(NCc2ccoc2)c(F)cc1[N+](=O)[O-]. The van der Waals surface area contributed by atoms with Gasteiger partial charge in [-0.05, 0) is 6.07 Å². The number of furan rings is 1. The lowest BCUT2D eigenvalue weighted by molar-refractivity contribution is -0.385. The number of nitro benzene ring substituents is 1. The van der Waals surface area contributed by atoms with E-state index in [1.807, 2.05) is 0 Å². The number of nitrogens with zero attached hydrogens (tertiary/aromatic N) is 1. The molecule has 1 N–H and O–H groups in total. The van der Waals surface area contributed by atoms with Crippen LogP contribution in [0, 0.1) is 15.9 Å². The van der Waals surface area contributed by atoms with Gasteiger partial charge in [0.15, 0.2) is 11.6 Å². The summed E-state index contributed by atoms with van der Waals surface area (Å²) in [6.07, 6.45) is 3.03. The summed E-state index contributed by atoms with van der Waals surface area (Å²) in [5, 5.41) is 13.5. The van der Waals surface area contributed by atoms with Crippen LogP contribution in [0.3, 0.4) is 0 Å². The number of hydrogen-bond donors (Lipinski definition) is 1. The summed E-state index contributed by atoms with van der Waals surface area (Å²) in [7, 11) is 1.29. The Bertz CT molecular complexity index is 584. The highest BCUT2D eigenvalue weighted by atomic mass is 19.1. The first-order valence-electron chi connectivity index (χ1n) is 5.38. The van der Waals surface area contributed by atoms with Crippen LogP contribution in [0.1, 0.15) is 5.56 Å². The molecule has 6 nitrogen and oxygen atoms in total. The Morgan fingerprint density at radius 3 is 2.89 bits per heavy atom. The number of methoxy groups -OCH3 is 1. The van der Waals surface area contributed by atoms with Crippen LogP contribution in [0.5, 0.6) is 5.75 Å². The molecule has 0 saturated carbocycles. The van der Waals surface area contributed by atoms with Crippen molar-refractivity contribution in [3.63, 3.8) is 0 Å². The first kappa shape index (κ1) is 12.9. The molecule has 19 heavy (non-hydrogen) atoms. The van der Waals surface area contributed by atoms with Gasteiger partial charge in [0.1, 0.15) is 0 Å². The van der Waals surface area contributed by atoms with E-state index in [2.05, 4.69) is 5.32 Å². The largest absolute Gasteiger partial charge is 0.490 e. The third kappa shape index (κ3) is 2.82. The summed E-state index contributed by atoms with van der Waals surface area (Å²) in [6.45, 7) is 0.342. The molecule has 1 aromatic heterocycles. The highest BCUT2D eigenvalue weighted by Gasteiger charge is 2.19. The quantitative estimate of drug-likeness (QED) is 0.665. The smallest absolute Gasteiger partial charge is 0.313 e. The van der Waals surface area contributed by atoms with E-state index in [1.165, 1.54) is 25.7 Å². The zero-order chi connectivity index (χ0) is 13.8. The molecule has 0 aliphatic rings. The molecule has 1 heterocycles. The molecule has 0 bridgehead atoms. The van der Waals surface area contributed by atoms with Crippen LogP contribution in [0.25, 0.3) is 0 Å². The molecule has 0 amide bonds. The van der Waals surface area contributed by atoms with Crippen molar-refractivity contribution in [2.24, 2.45) is 0 Å². The first-order valence-corrected chi connectivity index (χ1v) is 5.38. The standard InChI is InChI=1S/C12H11FN2O4/c1-18-12-5-10(9(13)4-11(12)15(16)17)14-6-8-2-3-19-7-8/h2-5,7,14H,6H2,1H3. The van der Waals surface area contributed by atoms with Crippen LogP contribution in [0.15, 0.2) is 35.1 Å². The van der Waals surface area contributed by atoms with Gasteiger partial charge in [0.2, 0.25) is 0 Å². The predicted octanol–water partition coefficient (Wildman–Crippen LogP) is 2.95. The molecule has 0 fully saturated rings. The second kappa shape index (κ2) is 5.38. The third-order valence-electron chi connectivity index (χ3n) is 2.53. The zero-order valence-corrected chi connectivity index (χ0v) is 10.1. The molecule has 100 valence electrons. The Hall–Kier alpha value is -2.57. The maximum absolute atomic E-state index is 13.7. The fourth-order valence-corrected chi connectivity index (χ4v) is 1.58. The van der Waals surface area contributed by atoms with E-state index in [-0.39, 0.29) is 11.4 Å². The van der Waals surface area contributed by atoms with Crippen LogP contribution in [-0.2, 0) is 6.54 Å². The minimum Gasteiger partial charge on any atom is -0.490 e. The van der Waals surface area contributed by atoms with Gasteiger partial charge in [0, 0.05) is 18.2 Å². The van der Waals surface area contributed by atoms with Crippen molar-refractivity contribution >= 4 is 11.4 Å². The molecule has 7 heteroatoms. The third-order valence-corrected chi connectivity index (χ3v) is 2.53. The lowest BCUT2D eigenvalue weighted by atomic mass is 10.2. The van der Waals surface area contributed by atoms with Crippen LogP contribution < -0.4 is 10.1 Å². The van der Waals surface area contributed by atoms with Gasteiger partial charge in [-0.3, -0.25) is 10.1 Å². The normalized spacial score (nSPS) is 10.2. The molecule has 0 aliphatic heterocycles.